The van der Waals surface area contributed by atoms with Gasteiger partial charge in [0.05, 0.1) is 31.0 Å². The molecular weight excluding hydrogens is 303 g/mol. The number of benzene rings is 1. The minimum Gasteiger partial charge on any atom is -0.399 e. The van der Waals surface area contributed by atoms with Crippen LogP contribution in [0.5, 0.6) is 0 Å². The highest BCUT2D eigenvalue weighted by molar-refractivity contribution is 6.62. The second-order valence-electron chi connectivity index (χ2n) is 8.19. The Morgan fingerprint density at radius 3 is 2.29 bits per heavy atom. The Hall–Kier alpha value is -0.875. The zero-order valence-electron chi connectivity index (χ0n) is 15.1. The molecule has 1 unspecified atom stereocenters. The molecule has 1 aromatic carbocycles. The Balaban J connectivity index is 1.69. The lowest BCUT2D eigenvalue weighted by Gasteiger charge is -2.32. The van der Waals surface area contributed by atoms with E-state index in [0.29, 0.717) is 25.7 Å². The van der Waals surface area contributed by atoms with E-state index in [1.807, 2.05) is 0 Å². The second-order valence-corrected chi connectivity index (χ2v) is 8.19. The van der Waals surface area contributed by atoms with Crippen LogP contribution in [0.25, 0.3) is 0 Å². The van der Waals surface area contributed by atoms with Gasteiger partial charge in [0.2, 0.25) is 0 Å². The largest absolute Gasteiger partial charge is 0.495 e. The van der Waals surface area contributed by atoms with Crippen LogP contribution in [0.4, 0.5) is 0 Å². The van der Waals surface area contributed by atoms with Crippen molar-refractivity contribution in [2.45, 2.75) is 63.8 Å². The summed E-state index contributed by atoms with van der Waals surface area (Å²) in [5.41, 5.74) is 2.97. The molecule has 0 N–H and O–H groups in total. The van der Waals surface area contributed by atoms with E-state index in [4.69, 9.17) is 18.8 Å². The van der Waals surface area contributed by atoms with Gasteiger partial charge in [0.25, 0.3) is 0 Å². The molecule has 1 aromatic rings. The van der Waals surface area contributed by atoms with Crippen LogP contribution in [-0.2, 0) is 18.8 Å². The van der Waals surface area contributed by atoms with Crippen molar-refractivity contribution >= 4 is 12.6 Å². The summed E-state index contributed by atoms with van der Waals surface area (Å²) in [6.07, 6.45) is 2.54. The van der Waals surface area contributed by atoms with Crippen molar-refractivity contribution in [1.82, 2.24) is 0 Å². The summed E-state index contributed by atoms with van der Waals surface area (Å²) in [6, 6.07) is 6.69. The van der Waals surface area contributed by atoms with Crippen LogP contribution >= 0.6 is 0 Å². The van der Waals surface area contributed by atoms with Crippen molar-refractivity contribution in [3.63, 3.8) is 0 Å². The fourth-order valence-corrected chi connectivity index (χ4v) is 3.39. The molecule has 2 aliphatic heterocycles. The maximum absolute atomic E-state index is 6.28. The quantitative estimate of drug-likeness (QED) is 0.799. The molecule has 0 aromatic heterocycles. The molecule has 24 heavy (non-hydrogen) atoms. The molecule has 3 aliphatic rings. The second kappa shape index (κ2) is 5.84. The monoisotopic (exact) mass is 330 g/mol. The Bertz CT molecular complexity index is 602. The molecule has 2 heterocycles. The molecule has 1 aliphatic carbocycles. The van der Waals surface area contributed by atoms with E-state index < -0.39 is 0 Å². The molecule has 3 fully saturated rings. The average molecular weight is 330 g/mol. The van der Waals surface area contributed by atoms with Gasteiger partial charge in [-0.05, 0) is 63.0 Å². The van der Waals surface area contributed by atoms with Gasteiger partial charge in [0.1, 0.15) is 6.10 Å². The minimum atomic E-state index is -0.358. The van der Waals surface area contributed by atoms with Gasteiger partial charge in [-0.15, -0.1) is 0 Å². The Kier molecular flexibility index (Phi) is 4.03. The lowest BCUT2D eigenvalue weighted by Crippen LogP contribution is -2.41. The lowest BCUT2D eigenvalue weighted by molar-refractivity contribution is -0.0898. The molecule has 0 amide bonds. The predicted molar refractivity (Wildman–Crippen MR) is 93.6 cm³/mol. The van der Waals surface area contributed by atoms with Crippen LogP contribution in [0.2, 0.25) is 0 Å². The van der Waals surface area contributed by atoms with E-state index in [1.54, 1.807) is 0 Å². The van der Waals surface area contributed by atoms with E-state index in [0.717, 1.165) is 11.0 Å². The first-order chi connectivity index (χ1) is 11.4. The van der Waals surface area contributed by atoms with Crippen LogP contribution in [0.3, 0.4) is 0 Å². The van der Waals surface area contributed by atoms with Gasteiger partial charge >= 0.3 is 7.12 Å². The van der Waals surface area contributed by atoms with Crippen LogP contribution in [0, 0.1) is 0 Å². The van der Waals surface area contributed by atoms with Gasteiger partial charge in [-0.25, -0.2) is 0 Å². The summed E-state index contributed by atoms with van der Waals surface area (Å²) in [5.74, 6) is 0.709. The summed E-state index contributed by atoms with van der Waals surface area (Å²) in [6.45, 7) is 10.3. The van der Waals surface area contributed by atoms with Gasteiger partial charge in [-0.2, -0.15) is 0 Å². The first-order valence-corrected chi connectivity index (χ1v) is 9.06. The highest BCUT2D eigenvalue weighted by atomic mass is 16.7. The van der Waals surface area contributed by atoms with Gasteiger partial charge in [-0.3, -0.25) is 0 Å². The Morgan fingerprint density at radius 1 is 1.00 bits per heavy atom. The average Bonchev–Trinajstić information content (AvgIpc) is 3.36. The summed E-state index contributed by atoms with van der Waals surface area (Å²) < 4.78 is 24.2. The van der Waals surface area contributed by atoms with E-state index in [9.17, 15) is 0 Å². The highest BCUT2D eigenvalue weighted by Crippen LogP contribution is 2.41. The maximum Gasteiger partial charge on any atom is 0.495 e. The third-order valence-corrected chi connectivity index (χ3v) is 5.83. The van der Waals surface area contributed by atoms with Crippen LogP contribution in [-0.4, -0.2) is 38.1 Å². The van der Waals surface area contributed by atoms with Crippen LogP contribution < -0.4 is 5.46 Å². The Labute approximate surface area is 145 Å². The van der Waals surface area contributed by atoms with Gasteiger partial charge < -0.3 is 18.8 Å². The lowest BCUT2D eigenvalue weighted by atomic mass is 9.74. The Morgan fingerprint density at radius 2 is 1.71 bits per heavy atom. The standard InChI is InChI=1S/C19H27BO4/c1-18(2)19(3,4)24-20(23-18)16-8-7-14(13-5-6-13)11-15(16)17-12-21-9-10-22-17/h7-8,11,13,17H,5-6,9-10,12H2,1-4H3. The van der Waals surface area contributed by atoms with Crippen molar-refractivity contribution in [1.29, 1.82) is 0 Å². The molecule has 5 heteroatoms. The van der Waals surface area contributed by atoms with E-state index >= 15 is 0 Å². The van der Waals surface area contributed by atoms with E-state index in [2.05, 4.69) is 45.9 Å². The molecule has 0 bridgehead atoms. The van der Waals surface area contributed by atoms with Crippen molar-refractivity contribution in [2.24, 2.45) is 0 Å². The number of rotatable bonds is 3. The minimum absolute atomic E-state index is 0.0357. The number of hydrogen-bond donors (Lipinski definition) is 0. The fourth-order valence-electron chi connectivity index (χ4n) is 3.39. The van der Waals surface area contributed by atoms with Crippen molar-refractivity contribution in [3.8, 4) is 0 Å². The molecule has 4 rings (SSSR count). The maximum atomic E-state index is 6.28. The summed E-state index contributed by atoms with van der Waals surface area (Å²) >= 11 is 0. The van der Waals surface area contributed by atoms with Gasteiger partial charge in [0.15, 0.2) is 0 Å². The fraction of sp³-hybridized carbons (Fsp3) is 0.684. The predicted octanol–water partition coefficient (Wildman–Crippen LogP) is 2.95. The van der Waals surface area contributed by atoms with Crippen LogP contribution in [0.1, 0.15) is 63.7 Å². The smallest absolute Gasteiger partial charge is 0.399 e. The zero-order chi connectivity index (χ0) is 16.9. The van der Waals surface area contributed by atoms with Crippen LogP contribution in [0.15, 0.2) is 18.2 Å². The van der Waals surface area contributed by atoms with E-state index in [-0.39, 0.29) is 24.4 Å². The molecule has 1 atom stereocenters. The summed E-state index contributed by atoms with van der Waals surface area (Å²) in [7, 11) is -0.358. The van der Waals surface area contributed by atoms with Crippen molar-refractivity contribution < 1.29 is 18.8 Å². The molecule has 130 valence electrons. The normalized spacial score (nSPS) is 29.0. The van der Waals surface area contributed by atoms with Crippen molar-refractivity contribution in [3.05, 3.63) is 29.3 Å². The molecular formula is C19H27BO4. The first kappa shape index (κ1) is 16.6. The topological polar surface area (TPSA) is 36.9 Å². The van der Waals surface area contributed by atoms with Gasteiger partial charge in [0, 0.05) is 0 Å². The third kappa shape index (κ3) is 2.92. The third-order valence-electron chi connectivity index (χ3n) is 5.83. The summed E-state index contributed by atoms with van der Waals surface area (Å²) in [4.78, 5) is 0. The van der Waals surface area contributed by atoms with Gasteiger partial charge in [-0.1, -0.05) is 18.2 Å². The molecule has 2 saturated heterocycles. The number of ether oxygens (including phenoxy) is 2. The number of hydrogen-bond acceptors (Lipinski definition) is 4. The summed E-state index contributed by atoms with van der Waals surface area (Å²) in [5, 5.41) is 0. The molecule has 1 saturated carbocycles. The first-order valence-electron chi connectivity index (χ1n) is 9.06. The molecule has 4 nitrogen and oxygen atoms in total. The van der Waals surface area contributed by atoms with Crippen molar-refractivity contribution in [2.75, 3.05) is 19.8 Å². The zero-order valence-corrected chi connectivity index (χ0v) is 15.1. The molecule has 0 spiro atoms. The highest BCUT2D eigenvalue weighted by Gasteiger charge is 2.52. The SMILES string of the molecule is CC1(C)OB(c2ccc(C3CC3)cc2C2COCCO2)OC1(C)C. The molecule has 0 radical (unpaired) electrons. The van der Waals surface area contributed by atoms with E-state index in [1.165, 1.54) is 18.4 Å².